The number of benzene rings is 2. The summed E-state index contributed by atoms with van der Waals surface area (Å²) in [4.78, 5) is 20.6. The molecule has 0 saturated heterocycles. The predicted molar refractivity (Wildman–Crippen MR) is 117 cm³/mol. The normalized spacial score (nSPS) is 15.7. The van der Waals surface area contributed by atoms with Crippen molar-refractivity contribution in [2.75, 3.05) is 0 Å². The van der Waals surface area contributed by atoms with Crippen LogP contribution in [0.3, 0.4) is 0 Å². The Morgan fingerprint density at radius 1 is 1.23 bits per heavy atom. The molecule has 6 nitrogen and oxygen atoms in total. The molecule has 3 heterocycles. The van der Waals surface area contributed by atoms with Gasteiger partial charge in [0, 0.05) is 35.5 Å². The van der Waals surface area contributed by atoms with Gasteiger partial charge in [0.05, 0.1) is 6.54 Å². The fourth-order valence-corrected chi connectivity index (χ4v) is 4.41. The van der Waals surface area contributed by atoms with E-state index in [0.717, 1.165) is 52.2 Å². The number of amides is 1. The van der Waals surface area contributed by atoms with Crippen molar-refractivity contribution >= 4 is 16.8 Å². The molecular formula is C24H24FN5O. The zero-order valence-corrected chi connectivity index (χ0v) is 17.4. The molecule has 2 N–H and O–H groups in total. The van der Waals surface area contributed by atoms with E-state index in [0.29, 0.717) is 19.4 Å². The van der Waals surface area contributed by atoms with Gasteiger partial charge < -0.3 is 10.3 Å². The predicted octanol–water partition coefficient (Wildman–Crippen LogP) is 3.94. The number of fused-ring (bicyclic) bond motifs is 2. The fraction of sp³-hybridized carbons (Fsp3) is 0.292. The van der Waals surface area contributed by atoms with Crippen molar-refractivity contribution in [3.63, 3.8) is 0 Å². The molecule has 0 bridgehead atoms. The number of rotatable bonds is 5. The average Bonchev–Trinajstić information content (AvgIpc) is 3.32. The standard InChI is InChI=1S/C24H24FN5O/c1-15-26-22-12-10-18(14-30(22)29-15)27-23(31)13-11-20-19-4-2-3-5-21(19)28-24(20)16-6-8-17(25)9-7-16/h2-9,18,28H,10-14H2,1H3,(H,27,31). The molecule has 0 radical (unpaired) electrons. The molecule has 1 unspecified atom stereocenters. The van der Waals surface area contributed by atoms with Gasteiger partial charge in [-0.05, 0) is 61.2 Å². The molecule has 2 aromatic heterocycles. The lowest BCUT2D eigenvalue weighted by atomic mass is 10.0. The first-order valence-corrected chi connectivity index (χ1v) is 10.6. The molecule has 158 valence electrons. The molecule has 7 heteroatoms. The zero-order valence-electron chi connectivity index (χ0n) is 17.4. The first-order chi connectivity index (χ1) is 15.1. The van der Waals surface area contributed by atoms with Crippen molar-refractivity contribution in [2.45, 2.75) is 45.2 Å². The second-order valence-corrected chi connectivity index (χ2v) is 8.09. The van der Waals surface area contributed by atoms with Crippen LogP contribution >= 0.6 is 0 Å². The first-order valence-electron chi connectivity index (χ1n) is 10.6. The highest BCUT2D eigenvalue weighted by Gasteiger charge is 2.22. The van der Waals surface area contributed by atoms with Crippen LogP contribution in [0, 0.1) is 12.7 Å². The summed E-state index contributed by atoms with van der Waals surface area (Å²) in [5, 5.41) is 8.66. The number of nitrogens with zero attached hydrogens (tertiary/aromatic N) is 3. The molecule has 1 aliphatic heterocycles. The SMILES string of the molecule is Cc1nc2n(n1)CC(NC(=O)CCc1c(-c3ccc(F)cc3)[nH]c3ccccc13)CC2. The van der Waals surface area contributed by atoms with Crippen LogP contribution in [0.2, 0.25) is 0 Å². The minimum Gasteiger partial charge on any atom is -0.354 e. The number of aromatic amines is 1. The Morgan fingerprint density at radius 3 is 2.87 bits per heavy atom. The Kier molecular flexibility index (Phi) is 5.02. The Hall–Kier alpha value is -3.48. The molecule has 2 aromatic carbocycles. The number of para-hydroxylation sites is 1. The third-order valence-corrected chi connectivity index (χ3v) is 5.88. The van der Waals surface area contributed by atoms with Gasteiger partial charge in [-0.1, -0.05) is 18.2 Å². The Labute approximate surface area is 179 Å². The second-order valence-electron chi connectivity index (χ2n) is 8.09. The van der Waals surface area contributed by atoms with Crippen molar-refractivity contribution in [1.29, 1.82) is 0 Å². The Balaban J connectivity index is 1.32. The van der Waals surface area contributed by atoms with Crippen molar-refractivity contribution in [2.24, 2.45) is 0 Å². The number of hydrogen-bond acceptors (Lipinski definition) is 3. The highest BCUT2D eigenvalue weighted by molar-refractivity contribution is 5.91. The van der Waals surface area contributed by atoms with Crippen LogP contribution in [0.15, 0.2) is 48.5 Å². The van der Waals surface area contributed by atoms with Gasteiger partial charge >= 0.3 is 0 Å². The number of aryl methyl sites for hydroxylation is 3. The molecule has 5 rings (SSSR count). The van der Waals surface area contributed by atoms with Gasteiger partial charge in [0.15, 0.2) is 0 Å². The van der Waals surface area contributed by atoms with E-state index in [-0.39, 0.29) is 17.8 Å². The maximum atomic E-state index is 13.4. The Morgan fingerprint density at radius 2 is 2.03 bits per heavy atom. The molecule has 0 fully saturated rings. The third-order valence-electron chi connectivity index (χ3n) is 5.88. The highest BCUT2D eigenvalue weighted by Crippen LogP contribution is 2.31. The summed E-state index contributed by atoms with van der Waals surface area (Å²) in [5.41, 5.74) is 3.94. The third kappa shape index (κ3) is 3.95. The first kappa shape index (κ1) is 19.5. The highest BCUT2D eigenvalue weighted by atomic mass is 19.1. The van der Waals surface area contributed by atoms with E-state index >= 15 is 0 Å². The minimum absolute atomic E-state index is 0.0284. The van der Waals surface area contributed by atoms with Crippen LogP contribution in [-0.4, -0.2) is 31.7 Å². The minimum atomic E-state index is -0.265. The monoisotopic (exact) mass is 417 g/mol. The summed E-state index contributed by atoms with van der Waals surface area (Å²) in [6.07, 6.45) is 2.68. The number of hydrogen-bond donors (Lipinski definition) is 2. The molecular weight excluding hydrogens is 393 g/mol. The lowest BCUT2D eigenvalue weighted by molar-refractivity contribution is -0.122. The molecule has 4 aromatic rings. The zero-order chi connectivity index (χ0) is 21.4. The van der Waals surface area contributed by atoms with Gasteiger partial charge in [-0.15, -0.1) is 0 Å². The van der Waals surface area contributed by atoms with E-state index < -0.39 is 0 Å². The van der Waals surface area contributed by atoms with Crippen LogP contribution < -0.4 is 5.32 Å². The van der Waals surface area contributed by atoms with E-state index in [4.69, 9.17) is 0 Å². The van der Waals surface area contributed by atoms with Crippen molar-refractivity contribution < 1.29 is 9.18 Å². The van der Waals surface area contributed by atoms with E-state index in [2.05, 4.69) is 26.4 Å². The van der Waals surface area contributed by atoms with E-state index in [9.17, 15) is 9.18 Å². The van der Waals surface area contributed by atoms with Crippen LogP contribution in [-0.2, 0) is 24.2 Å². The van der Waals surface area contributed by atoms with E-state index in [1.807, 2.05) is 29.8 Å². The van der Waals surface area contributed by atoms with Crippen molar-refractivity contribution in [3.05, 3.63) is 71.6 Å². The largest absolute Gasteiger partial charge is 0.354 e. The summed E-state index contributed by atoms with van der Waals surface area (Å²) in [7, 11) is 0. The average molecular weight is 417 g/mol. The van der Waals surface area contributed by atoms with Gasteiger partial charge in [-0.2, -0.15) is 5.10 Å². The van der Waals surface area contributed by atoms with Gasteiger partial charge in [-0.25, -0.2) is 14.1 Å². The molecule has 0 aliphatic carbocycles. The molecule has 1 aliphatic rings. The quantitative estimate of drug-likeness (QED) is 0.517. The molecule has 0 saturated carbocycles. The Bertz CT molecular complexity index is 1240. The smallest absolute Gasteiger partial charge is 0.220 e. The molecule has 1 atom stereocenters. The maximum Gasteiger partial charge on any atom is 0.220 e. The number of carbonyl (C=O) groups is 1. The van der Waals surface area contributed by atoms with E-state index in [1.54, 1.807) is 12.1 Å². The van der Waals surface area contributed by atoms with Gasteiger partial charge in [-0.3, -0.25) is 4.79 Å². The van der Waals surface area contributed by atoms with Crippen LogP contribution in [0.5, 0.6) is 0 Å². The second kappa shape index (κ2) is 7.98. The number of nitrogens with one attached hydrogen (secondary N) is 2. The fourth-order valence-electron chi connectivity index (χ4n) is 4.41. The van der Waals surface area contributed by atoms with E-state index in [1.165, 1.54) is 12.1 Å². The lowest BCUT2D eigenvalue weighted by Gasteiger charge is -2.23. The number of H-pyrrole nitrogens is 1. The van der Waals surface area contributed by atoms with Crippen LogP contribution in [0.1, 0.15) is 30.1 Å². The van der Waals surface area contributed by atoms with Gasteiger partial charge in [0.1, 0.15) is 17.5 Å². The van der Waals surface area contributed by atoms with Gasteiger partial charge in [0.2, 0.25) is 5.91 Å². The molecule has 1 amide bonds. The van der Waals surface area contributed by atoms with Crippen molar-refractivity contribution in [1.82, 2.24) is 25.1 Å². The molecule has 31 heavy (non-hydrogen) atoms. The lowest BCUT2D eigenvalue weighted by Crippen LogP contribution is -2.41. The maximum absolute atomic E-state index is 13.4. The topological polar surface area (TPSA) is 75.6 Å². The van der Waals surface area contributed by atoms with Gasteiger partial charge in [0.25, 0.3) is 0 Å². The summed E-state index contributed by atoms with van der Waals surface area (Å²) in [5.74, 6) is 1.53. The summed E-state index contributed by atoms with van der Waals surface area (Å²) >= 11 is 0. The number of halogens is 1. The van der Waals surface area contributed by atoms with Crippen LogP contribution in [0.25, 0.3) is 22.2 Å². The number of aromatic nitrogens is 4. The summed E-state index contributed by atoms with van der Waals surface area (Å²) in [6.45, 7) is 2.55. The summed E-state index contributed by atoms with van der Waals surface area (Å²) in [6, 6.07) is 14.6. The van der Waals surface area contributed by atoms with Crippen molar-refractivity contribution in [3.8, 4) is 11.3 Å². The molecule has 0 spiro atoms. The number of carbonyl (C=O) groups excluding carboxylic acids is 1. The summed E-state index contributed by atoms with van der Waals surface area (Å²) < 4.78 is 15.3. The van der Waals surface area contributed by atoms with Crippen LogP contribution in [0.4, 0.5) is 4.39 Å².